The molecule has 1 aromatic heterocycles. The summed E-state index contributed by atoms with van der Waals surface area (Å²) in [7, 11) is 0. The van der Waals surface area contributed by atoms with Crippen LogP contribution in [0.4, 0.5) is 0 Å². The summed E-state index contributed by atoms with van der Waals surface area (Å²) in [6, 6.07) is 6.72. The molecule has 21 heavy (non-hydrogen) atoms. The highest BCUT2D eigenvalue weighted by atomic mass is 16.5. The van der Waals surface area contributed by atoms with E-state index in [0.717, 1.165) is 30.8 Å². The zero-order chi connectivity index (χ0) is 14.5. The van der Waals surface area contributed by atoms with Gasteiger partial charge >= 0.3 is 6.01 Å². The summed E-state index contributed by atoms with van der Waals surface area (Å²) in [6.45, 7) is 3.80. The van der Waals surface area contributed by atoms with Crippen LogP contribution in [0.1, 0.15) is 36.5 Å². The lowest BCUT2D eigenvalue weighted by Gasteiger charge is -2.16. The number of aryl methyl sites for hydroxylation is 2. The zero-order valence-electron chi connectivity index (χ0n) is 12.4. The highest BCUT2D eigenvalue weighted by Crippen LogP contribution is 2.27. The van der Waals surface area contributed by atoms with E-state index in [2.05, 4.69) is 34.3 Å². The fourth-order valence-corrected chi connectivity index (χ4v) is 2.63. The van der Waals surface area contributed by atoms with Gasteiger partial charge in [-0.15, -0.1) is 0 Å². The summed E-state index contributed by atoms with van der Waals surface area (Å²) in [5, 5.41) is 3.25. The average Bonchev–Trinajstić information content (AvgIpc) is 2.54. The van der Waals surface area contributed by atoms with Crippen LogP contribution in [0.25, 0.3) is 0 Å². The van der Waals surface area contributed by atoms with Crippen molar-refractivity contribution in [2.45, 2.75) is 39.2 Å². The van der Waals surface area contributed by atoms with E-state index in [9.17, 15) is 0 Å². The Morgan fingerprint density at radius 1 is 1.10 bits per heavy atom. The van der Waals surface area contributed by atoms with Crippen LogP contribution in [0.3, 0.4) is 0 Å². The topological polar surface area (TPSA) is 47.0 Å². The molecule has 0 unspecified atom stereocenters. The Labute approximate surface area is 125 Å². The SMILES string of the molecule is CCNCc1cnc(Oc2ccc3c(c2)CCCC3)nc1. The monoisotopic (exact) mass is 283 g/mol. The van der Waals surface area contributed by atoms with Crippen LogP contribution in [-0.4, -0.2) is 16.5 Å². The van der Waals surface area contributed by atoms with Gasteiger partial charge in [-0.25, -0.2) is 9.97 Å². The number of benzene rings is 1. The fraction of sp³-hybridized carbons (Fsp3) is 0.412. The Balaban J connectivity index is 1.68. The van der Waals surface area contributed by atoms with Crippen LogP contribution < -0.4 is 10.1 Å². The van der Waals surface area contributed by atoms with E-state index < -0.39 is 0 Å². The average molecular weight is 283 g/mol. The first kappa shape index (κ1) is 14.0. The minimum Gasteiger partial charge on any atom is -0.424 e. The molecule has 110 valence electrons. The minimum atomic E-state index is 0.408. The summed E-state index contributed by atoms with van der Waals surface area (Å²) < 4.78 is 5.76. The Bertz CT molecular complexity index is 595. The molecule has 0 saturated carbocycles. The molecule has 0 atom stereocenters. The minimum absolute atomic E-state index is 0.408. The molecule has 1 aliphatic rings. The molecule has 4 heteroatoms. The fourth-order valence-electron chi connectivity index (χ4n) is 2.63. The number of hydrogen-bond donors (Lipinski definition) is 1. The molecule has 1 heterocycles. The lowest BCUT2D eigenvalue weighted by atomic mass is 9.92. The number of aromatic nitrogens is 2. The van der Waals surface area contributed by atoms with E-state index in [1.165, 1.54) is 30.4 Å². The summed E-state index contributed by atoms with van der Waals surface area (Å²) in [5.41, 5.74) is 3.92. The lowest BCUT2D eigenvalue weighted by Crippen LogP contribution is -2.12. The van der Waals surface area contributed by atoms with Crippen molar-refractivity contribution in [3.8, 4) is 11.8 Å². The molecule has 4 nitrogen and oxygen atoms in total. The molecular weight excluding hydrogens is 262 g/mol. The third-order valence-corrected chi connectivity index (χ3v) is 3.79. The summed E-state index contributed by atoms with van der Waals surface area (Å²) in [4.78, 5) is 8.53. The second kappa shape index (κ2) is 6.68. The van der Waals surface area contributed by atoms with Gasteiger partial charge in [0.15, 0.2) is 0 Å². The molecule has 0 radical (unpaired) electrons. The van der Waals surface area contributed by atoms with Crippen LogP contribution in [0.2, 0.25) is 0 Å². The molecule has 0 fully saturated rings. The number of nitrogens with zero attached hydrogens (tertiary/aromatic N) is 2. The van der Waals surface area contributed by atoms with Crippen molar-refractivity contribution in [3.05, 3.63) is 47.3 Å². The maximum atomic E-state index is 5.76. The first-order chi connectivity index (χ1) is 10.3. The number of nitrogens with one attached hydrogen (secondary N) is 1. The standard InChI is InChI=1S/C17H21N3O/c1-2-18-10-13-11-19-17(20-12-13)21-16-8-7-14-5-3-4-6-15(14)9-16/h7-9,11-12,18H,2-6,10H2,1H3. The lowest BCUT2D eigenvalue weighted by molar-refractivity contribution is 0.439. The first-order valence-corrected chi connectivity index (χ1v) is 7.66. The van der Waals surface area contributed by atoms with E-state index in [1.807, 2.05) is 18.5 Å². The normalized spacial score (nSPS) is 13.8. The number of hydrogen-bond acceptors (Lipinski definition) is 4. The van der Waals surface area contributed by atoms with Crippen molar-refractivity contribution in [1.82, 2.24) is 15.3 Å². The molecular formula is C17H21N3O. The maximum absolute atomic E-state index is 5.76. The van der Waals surface area contributed by atoms with Gasteiger partial charge in [0.2, 0.25) is 0 Å². The second-order valence-electron chi connectivity index (χ2n) is 5.39. The third kappa shape index (κ3) is 3.58. The molecule has 1 aromatic carbocycles. The Morgan fingerprint density at radius 2 is 1.86 bits per heavy atom. The highest BCUT2D eigenvalue weighted by Gasteiger charge is 2.10. The van der Waals surface area contributed by atoms with Crippen LogP contribution in [0.15, 0.2) is 30.6 Å². The van der Waals surface area contributed by atoms with E-state index in [4.69, 9.17) is 4.74 Å². The second-order valence-corrected chi connectivity index (χ2v) is 5.39. The van der Waals surface area contributed by atoms with E-state index >= 15 is 0 Å². The predicted octanol–water partition coefficient (Wildman–Crippen LogP) is 3.26. The van der Waals surface area contributed by atoms with Crippen molar-refractivity contribution in [1.29, 1.82) is 0 Å². The first-order valence-electron chi connectivity index (χ1n) is 7.66. The highest BCUT2D eigenvalue weighted by molar-refractivity contribution is 5.38. The van der Waals surface area contributed by atoms with E-state index in [-0.39, 0.29) is 0 Å². The number of ether oxygens (including phenoxy) is 1. The summed E-state index contributed by atoms with van der Waals surface area (Å²) in [6.07, 6.45) is 8.52. The largest absolute Gasteiger partial charge is 0.424 e. The maximum Gasteiger partial charge on any atom is 0.321 e. The molecule has 0 spiro atoms. The van der Waals surface area contributed by atoms with Gasteiger partial charge in [-0.1, -0.05) is 13.0 Å². The van der Waals surface area contributed by atoms with Crippen LogP contribution >= 0.6 is 0 Å². The van der Waals surface area contributed by atoms with Crippen molar-refractivity contribution in [3.63, 3.8) is 0 Å². The molecule has 0 bridgehead atoms. The van der Waals surface area contributed by atoms with Crippen molar-refractivity contribution >= 4 is 0 Å². The molecule has 0 aliphatic heterocycles. The molecule has 0 saturated heterocycles. The van der Waals surface area contributed by atoms with Crippen molar-refractivity contribution in [2.75, 3.05) is 6.54 Å². The van der Waals surface area contributed by atoms with Gasteiger partial charge < -0.3 is 10.1 Å². The Hall–Kier alpha value is -1.94. The van der Waals surface area contributed by atoms with Gasteiger partial charge in [-0.05, 0) is 55.5 Å². The molecule has 1 N–H and O–H groups in total. The Kier molecular flexibility index (Phi) is 4.46. The van der Waals surface area contributed by atoms with Gasteiger partial charge in [0.05, 0.1) is 0 Å². The molecule has 0 amide bonds. The van der Waals surface area contributed by atoms with Gasteiger partial charge in [0.25, 0.3) is 0 Å². The van der Waals surface area contributed by atoms with Gasteiger partial charge in [0, 0.05) is 24.5 Å². The van der Waals surface area contributed by atoms with Crippen LogP contribution in [-0.2, 0) is 19.4 Å². The van der Waals surface area contributed by atoms with Crippen molar-refractivity contribution < 1.29 is 4.74 Å². The Morgan fingerprint density at radius 3 is 2.62 bits per heavy atom. The zero-order valence-corrected chi connectivity index (χ0v) is 12.4. The molecule has 3 rings (SSSR count). The molecule has 1 aliphatic carbocycles. The molecule has 2 aromatic rings. The van der Waals surface area contributed by atoms with Crippen LogP contribution in [0, 0.1) is 0 Å². The number of rotatable bonds is 5. The van der Waals surface area contributed by atoms with Crippen LogP contribution in [0.5, 0.6) is 11.8 Å². The van der Waals surface area contributed by atoms with E-state index in [0.29, 0.717) is 6.01 Å². The predicted molar refractivity (Wildman–Crippen MR) is 82.6 cm³/mol. The smallest absolute Gasteiger partial charge is 0.321 e. The number of fused-ring (bicyclic) bond motifs is 1. The van der Waals surface area contributed by atoms with Gasteiger partial charge in [-0.2, -0.15) is 0 Å². The van der Waals surface area contributed by atoms with Crippen molar-refractivity contribution in [2.24, 2.45) is 0 Å². The quantitative estimate of drug-likeness (QED) is 0.915. The summed E-state index contributed by atoms with van der Waals surface area (Å²) in [5.74, 6) is 0.829. The van der Waals surface area contributed by atoms with Gasteiger partial charge in [0.1, 0.15) is 5.75 Å². The third-order valence-electron chi connectivity index (χ3n) is 3.79. The summed E-state index contributed by atoms with van der Waals surface area (Å²) >= 11 is 0. The van der Waals surface area contributed by atoms with E-state index in [1.54, 1.807) is 0 Å². The van der Waals surface area contributed by atoms with Gasteiger partial charge in [-0.3, -0.25) is 0 Å².